The quantitative estimate of drug-likeness (QED) is 0.854. The van der Waals surface area contributed by atoms with Crippen LogP contribution in [0.5, 0.6) is 0 Å². The van der Waals surface area contributed by atoms with Gasteiger partial charge in [-0.25, -0.2) is 9.97 Å². The summed E-state index contributed by atoms with van der Waals surface area (Å²) >= 11 is 0. The minimum Gasteiger partial charge on any atom is -0.378 e. The van der Waals surface area contributed by atoms with Gasteiger partial charge in [0.15, 0.2) is 5.43 Å². The van der Waals surface area contributed by atoms with Gasteiger partial charge in [0.25, 0.3) is 0 Å². The van der Waals surface area contributed by atoms with E-state index in [1.165, 1.54) is 0 Å². The van der Waals surface area contributed by atoms with Crippen LogP contribution in [0.15, 0.2) is 29.2 Å². The monoisotopic (exact) mass is 371 g/mol. The molecule has 2 saturated heterocycles. The van der Waals surface area contributed by atoms with Crippen molar-refractivity contribution in [2.75, 3.05) is 50.9 Å². The molecule has 0 bridgehead atoms. The summed E-state index contributed by atoms with van der Waals surface area (Å²) in [4.78, 5) is 28.7. The highest BCUT2D eigenvalue weighted by Gasteiger charge is 2.24. The second kappa shape index (κ2) is 8.16. The Morgan fingerprint density at radius 1 is 1.22 bits per heavy atom. The third-order valence-corrected chi connectivity index (χ3v) is 4.88. The fourth-order valence-electron chi connectivity index (χ4n) is 3.53. The molecule has 1 N–H and O–H groups in total. The summed E-state index contributed by atoms with van der Waals surface area (Å²) in [6, 6.07) is 5.18. The minimum atomic E-state index is -0.132. The van der Waals surface area contributed by atoms with Gasteiger partial charge >= 0.3 is 0 Å². The van der Waals surface area contributed by atoms with Gasteiger partial charge in [0.05, 0.1) is 25.5 Å². The fraction of sp³-hybridized carbons (Fsp3) is 0.526. The van der Waals surface area contributed by atoms with Crippen molar-refractivity contribution >= 4 is 5.95 Å². The number of anilines is 1. The molecule has 144 valence electrons. The number of aromatic nitrogens is 3. The van der Waals surface area contributed by atoms with E-state index in [9.17, 15) is 4.79 Å². The molecule has 2 fully saturated rings. The van der Waals surface area contributed by atoms with E-state index in [0.29, 0.717) is 19.8 Å². The predicted molar refractivity (Wildman–Crippen MR) is 101 cm³/mol. The highest BCUT2D eigenvalue weighted by Crippen LogP contribution is 2.21. The zero-order chi connectivity index (χ0) is 18.6. The fourth-order valence-corrected chi connectivity index (χ4v) is 3.53. The predicted octanol–water partition coefficient (Wildman–Crippen LogP) is 0.883. The van der Waals surface area contributed by atoms with Crippen LogP contribution in [0.2, 0.25) is 0 Å². The van der Waals surface area contributed by atoms with Crippen molar-refractivity contribution in [2.45, 2.75) is 19.6 Å². The van der Waals surface area contributed by atoms with Crippen LogP contribution in [-0.2, 0) is 16.0 Å². The van der Waals surface area contributed by atoms with E-state index in [2.05, 4.69) is 19.8 Å². The Bertz CT molecular complexity index is 834. The number of rotatable bonds is 4. The summed E-state index contributed by atoms with van der Waals surface area (Å²) < 4.78 is 11.3. The number of aryl methyl sites for hydroxylation is 1. The molecule has 2 aromatic rings. The molecule has 1 atom stereocenters. The standard InChI is InChI=1S/C19H25N5O3/c1-14-10-16(25)11-17(21-14)18-13-23(4-9-27-18)12-15-2-3-20-19(22-15)24-5-7-26-8-6-24/h2-3,10-11,18H,4-9,12-13H2,1H3,(H,21,25). The molecule has 2 aliphatic rings. The number of nitrogens with one attached hydrogen (secondary N) is 1. The zero-order valence-electron chi connectivity index (χ0n) is 15.6. The molecule has 0 aliphatic carbocycles. The van der Waals surface area contributed by atoms with E-state index in [1.807, 2.05) is 19.2 Å². The molecule has 0 aromatic carbocycles. The molecule has 2 aromatic heterocycles. The zero-order valence-corrected chi connectivity index (χ0v) is 15.6. The molecule has 8 nitrogen and oxygen atoms in total. The summed E-state index contributed by atoms with van der Waals surface area (Å²) in [7, 11) is 0. The van der Waals surface area contributed by atoms with Crippen molar-refractivity contribution in [3.63, 3.8) is 0 Å². The van der Waals surface area contributed by atoms with Gasteiger partial charge in [-0.15, -0.1) is 0 Å². The summed E-state index contributed by atoms with van der Waals surface area (Å²) in [6.07, 6.45) is 1.69. The van der Waals surface area contributed by atoms with Gasteiger partial charge in [-0.3, -0.25) is 9.69 Å². The molecule has 4 rings (SSSR count). The van der Waals surface area contributed by atoms with E-state index < -0.39 is 0 Å². The maximum absolute atomic E-state index is 11.8. The summed E-state index contributed by atoms with van der Waals surface area (Å²) in [5.74, 6) is 0.767. The van der Waals surface area contributed by atoms with Gasteiger partial charge in [0.2, 0.25) is 5.95 Å². The first-order chi connectivity index (χ1) is 13.2. The molecule has 0 saturated carbocycles. The lowest BCUT2D eigenvalue weighted by atomic mass is 10.1. The summed E-state index contributed by atoms with van der Waals surface area (Å²) in [5, 5.41) is 0. The van der Waals surface area contributed by atoms with Crippen LogP contribution in [0.4, 0.5) is 5.95 Å². The van der Waals surface area contributed by atoms with Crippen molar-refractivity contribution < 1.29 is 9.47 Å². The third-order valence-electron chi connectivity index (χ3n) is 4.88. The average Bonchev–Trinajstić information content (AvgIpc) is 2.68. The van der Waals surface area contributed by atoms with Crippen molar-refractivity contribution in [2.24, 2.45) is 0 Å². The van der Waals surface area contributed by atoms with Gasteiger partial charge in [-0.2, -0.15) is 0 Å². The van der Waals surface area contributed by atoms with Crippen LogP contribution in [0.3, 0.4) is 0 Å². The lowest BCUT2D eigenvalue weighted by Crippen LogP contribution is -2.39. The topological polar surface area (TPSA) is 83.6 Å². The average molecular weight is 371 g/mol. The van der Waals surface area contributed by atoms with Crippen LogP contribution in [0, 0.1) is 6.92 Å². The molecule has 1 unspecified atom stereocenters. The van der Waals surface area contributed by atoms with E-state index in [-0.39, 0.29) is 11.5 Å². The van der Waals surface area contributed by atoms with Crippen LogP contribution in [-0.4, -0.2) is 65.9 Å². The largest absolute Gasteiger partial charge is 0.378 e. The maximum Gasteiger partial charge on any atom is 0.225 e. The van der Waals surface area contributed by atoms with Crippen LogP contribution < -0.4 is 10.3 Å². The maximum atomic E-state index is 11.8. The molecule has 0 amide bonds. The first kappa shape index (κ1) is 18.1. The Balaban J connectivity index is 1.44. The first-order valence-corrected chi connectivity index (χ1v) is 9.37. The molecule has 2 aliphatic heterocycles. The van der Waals surface area contributed by atoms with Crippen molar-refractivity contribution in [3.8, 4) is 0 Å². The highest BCUT2D eigenvalue weighted by molar-refractivity contribution is 5.30. The lowest BCUT2D eigenvalue weighted by Gasteiger charge is -2.33. The van der Waals surface area contributed by atoms with E-state index in [1.54, 1.807) is 12.1 Å². The van der Waals surface area contributed by atoms with Gasteiger partial charge in [-0.1, -0.05) is 0 Å². The molecule has 0 radical (unpaired) electrons. The van der Waals surface area contributed by atoms with Crippen molar-refractivity contribution in [1.29, 1.82) is 0 Å². The molecular formula is C19H25N5O3. The molecule has 0 spiro atoms. The van der Waals surface area contributed by atoms with Crippen LogP contribution in [0.1, 0.15) is 23.2 Å². The highest BCUT2D eigenvalue weighted by atomic mass is 16.5. The molecule has 4 heterocycles. The van der Waals surface area contributed by atoms with Crippen molar-refractivity contribution in [3.05, 3.63) is 51.7 Å². The smallest absolute Gasteiger partial charge is 0.225 e. The third kappa shape index (κ3) is 4.52. The number of hydrogen-bond acceptors (Lipinski definition) is 7. The van der Waals surface area contributed by atoms with Crippen LogP contribution >= 0.6 is 0 Å². The van der Waals surface area contributed by atoms with Crippen molar-refractivity contribution in [1.82, 2.24) is 19.9 Å². The molecular weight excluding hydrogens is 346 g/mol. The van der Waals surface area contributed by atoms with E-state index in [0.717, 1.165) is 55.8 Å². The summed E-state index contributed by atoms with van der Waals surface area (Å²) in [5.41, 5.74) is 2.68. The SMILES string of the molecule is Cc1cc(=O)cc(C2CN(Cc3ccnc(N4CCOCC4)n3)CCO2)[nH]1. The number of pyridine rings is 1. The van der Waals surface area contributed by atoms with Gasteiger partial charge in [0, 0.05) is 62.4 Å². The summed E-state index contributed by atoms with van der Waals surface area (Å²) in [6.45, 7) is 7.88. The van der Waals surface area contributed by atoms with E-state index >= 15 is 0 Å². The molecule has 27 heavy (non-hydrogen) atoms. The first-order valence-electron chi connectivity index (χ1n) is 9.37. The lowest BCUT2D eigenvalue weighted by molar-refractivity contribution is -0.0354. The Kier molecular flexibility index (Phi) is 5.47. The number of hydrogen-bond donors (Lipinski definition) is 1. The number of nitrogens with zero attached hydrogens (tertiary/aromatic N) is 4. The van der Waals surface area contributed by atoms with Gasteiger partial charge < -0.3 is 19.4 Å². The molecule has 8 heteroatoms. The Morgan fingerprint density at radius 3 is 2.89 bits per heavy atom. The number of ether oxygens (including phenoxy) is 2. The van der Waals surface area contributed by atoms with Gasteiger partial charge in [-0.05, 0) is 13.0 Å². The number of H-pyrrole nitrogens is 1. The normalized spacial score (nSPS) is 21.4. The number of aromatic amines is 1. The second-order valence-electron chi connectivity index (χ2n) is 7.00. The van der Waals surface area contributed by atoms with E-state index in [4.69, 9.17) is 14.5 Å². The Hall–Kier alpha value is -2.29. The minimum absolute atomic E-state index is 0.00734. The second-order valence-corrected chi connectivity index (χ2v) is 7.00. The van der Waals surface area contributed by atoms with Crippen LogP contribution in [0.25, 0.3) is 0 Å². The Labute approximate surface area is 158 Å². The van der Waals surface area contributed by atoms with Gasteiger partial charge in [0.1, 0.15) is 6.10 Å². The number of morpholine rings is 2. The Morgan fingerprint density at radius 2 is 2.07 bits per heavy atom.